The molecular weight excluding hydrogens is 345 g/mol. The summed E-state index contributed by atoms with van der Waals surface area (Å²) >= 11 is 17.5. The Morgan fingerprint density at radius 2 is 1.65 bits per heavy atom. The third kappa shape index (κ3) is 4.23. The maximum atomic E-state index is 12.3. The molecule has 1 aromatic rings. The largest absolute Gasteiger partial charge is 0.395 e. The van der Waals surface area contributed by atoms with Gasteiger partial charge in [0.05, 0.1) is 21.7 Å². The molecule has 4 nitrogen and oxygen atoms in total. The lowest BCUT2D eigenvalue weighted by Crippen LogP contribution is -2.46. The van der Waals surface area contributed by atoms with Crippen molar-refractivity contribution in [3.05, 3.63) is 27.2 Å². The van der Waals surface area contributed by atoms with Crippen molar-refractivity contribution in [3.8, 4) is 0 Å². The number of nitrogens with one attached hydrogen (secondary N) is 1. The number of rotatable bonds is 4. The Balaban J connectivity index is 3.21. The molecule has 0 heterocycles. The topological polar surface area (TPSA) is 66.4 Å². The van der Waals surface area contributed by atoms with E-state index in [1.54, 1.807) is 0 Å². The number of sulfonamides is 1. The van der Waals surface area contributed by atoms with Gasteiger partial charge in [-0.1, -0.05) is 55.6 Å². The van der Waals surface area contributed by atoms with Gasteiger partial charge in [0.25, 0.3) is 0 Å². The predicted molar refractivity (Wildman–Crippen MR) is 82.1 cm³/mol. The molecule has 0 unspecified atom stereocenters. The molecule has 20 heavy (non-hydrogen) atoms. The van der Waals surface area contributed by atoms with Crippen LogP contribution < -0.4 is 4.72 Å². The second kappa shape index (κ2) is 6.38. The van der Waals surface area contributed by atoms with Crippen LogP contribution in [0.3, 0.4) is 0 Å². The lowest BCUT2D eigenvalue weighted by Gasteiger charge is -2.29. The van der Waals surface area contributed by atoms with Crippen LogP contribution in [0.25, 0.3) is 0 Å². The highest BCUT2D eigenvalue weighted by molar-refractivity contribution is 7.89. The summed E-state index contributed by atoms with van der Waals surface area (Å²) in [6.07, 6.45) is 0. The number of aliphatic hydroxyl groups is 1. The molecule has 0 aromatic heterocycles. The highest BCUT2D eigenvalue weighted by Crippen LogP contribution is 2.32. The molecule has 2 N–H and O–H groups in total. The number of hydrogen-bond acceptors (Lipinski definition) is 3. The number of halogens is 3. The number of hydrogen-bond donors (Lipinski definition) is 2. The number of benzene rings is 1. The van der Waals surface area contributed by atoms with Crippen LogP contribution in [0.1, 0.15) is 20.8 Å². The first-order valence-electron chi connectivity index (χ1n) is 5.77. The molecule has 114 valence electrons. The predicted octanol–water partition coefficient (Wildman–Crippen LogP) is 3.33. The summed E-state index contributed by atoms with van der Waals surface area (Å²) in [7, 11) is -3.91. The van der Waals surface area contributed by atoms with E-state index in [2.05, 4.69) is 4.72 Å². The Bertz CT molecular complexity index is 597. The lowest BCUT2D eigenvalue weighted by molar-refractivity contribution is 0.177. The average Bonchev–Trinajstić information content (AvgIpc) is 2.29. The average molecular weight is 361 g/mol. The van der Waals surface area contributed by atoms with Gasteiger partial charge in [0.15, 0.2) is 0 Å². The molecule has 0 saturated heterocycles. The summed E-state index contributed by atoms with van der Waals surface area (Å²) in [5.41, 5.74) is -0.454. The monoisotopic (exact) mass is 359 g/mol. The molecular formula is C12H16Cl3NO3S. The molecule has 0 spiro atoms. The second-order valence-corrected chi connectivity index (χ2v) is 8.32. The fraction of sp³-hybridized carbons (Fsp3) is 0.500. The zero-order valence-electron chi connectivity index (χ0n) is 11.2. The standard InChI is InChI=1S/C12H16Cl3NO3S/c1-12(2,3)11(6-17)16-20(18,19)10-5-8(14)7(13)4-9(10)15/h4-5,11,16-17H,6H2,1-3H3/t11-/m1/s1. The first kappa shape index (κ1) is 18.0. The Hall–Kier alpha value is -0.0400. The van der Waals surface area contributed by atoms with Crippen LogP contribution in [0.5, 0.6) is 0 Å². The zero-order chi connectivity index (χ0) is 15.7. The Kier molecular flexibility index (Phi) is 5.75. The lowest BCUT2D eigenvalue weighted by atomic mass is 9.88. The summed E-state index contributed by atoms with van der Waals surface area (Å²) in [6.45, 7) is 5.11. The van der Waals surface area contributed by atoms with Crippen molar-refractivity contribution in [1.29, 1.82) is 0 Å². The second-order valence-electron chi connectivity index (χ2n) is 5.42. The molecule has 0 fully saturated rings. The third-order valence-electron chi connectivity index (χ3n) is 2.79. The normalized spacial score (nSPS) is 14.3. The van der Waals surface area contributed by atoms with Gasteiger partial charge >= 0.3 is 0 Å². The maximum absolute atomic E-state index is 12.3. The van der Waals surface area contributed by atoms with Crippen LogP contribution in [-0.2, 0) is 10.0 Å². The van der Waals surface area contributed by atoms with Gasteiger partial charge in [-0.3, -0.25) is 0 Å². The van der Waals surface area contributed by atoms with Gasteiger partial charge in [-0.25, -0.2) is 13.1 Å². The van der Waals surface area contributed by atoms with Crippen LogP contribution in [-0.4, -0.2) is 26.2 Å². The van der Waals surface area contributed by atoms with E-state index in [-0.39, 0.29) is 26.6 Å². The molecule has 1 aromatic carbocycles. The summed E-state index contributed by atoms with van der Waals surface area (Å²) in [5, 5.41) is 9.56. The minimum absolute atomic E-state index is 0.0301. The Labute approximate surface area is 134 Å². The molecule has 0 aliphatic heterocycles. The van der Waals surface area contributed by atoms with Crippen molar-refractivity contribution < 1.29 is 13.5 Å². The minimum Gasteiger partial charge on any atom is -0.395 e. The van der Waals surface area contributed by atoms with Crippen molar-refractivity contribution in [2.75, 3.05) is 6.61 Å². The molecule has 1 rings (SSSR count). The fourth-order valence-electron chi connectivity index (χ4n) is 1.45. The van der Waals surface area contributed by atoms with Gasteiger partial charge in [0.2, 0.25) is 10.0 Å². The van der Waals surface area contributed by atoms with Crippen molar-refractivity contribution in [1.82, 2.24) is 4.72 Å². The minimum atomic E-state index is -3.91. The third-order valence-corrected chi connectivity index (χ3v) is 5.45. The molecule has 8 heteroatoms. The Morgan fingerprint density at radius 1 is 1.15 bits per heavy atom. The van der Waals surface area contributed by atoms with Crippen LogP contribution in [0.15, 0.2) is 17.0 Å². The summed E-state index contributed by atoms with van der Waals surface area (Å²) in [6, 6.07) is 1.80. The van der Waals surface area contributed by atoms with E-state index >= 15 is 0 Å². The highest BCUT2D eigenvalue weighted by Gasteiger charge is 2.30. The van der Waals surface area contributed by atoms with Crippen molar-refractivity contribution in [2.24, 2.45) is 5.41 Å². The first-order chi connectivity index (χ1) is 8.99. The number of aliphatic hydroxyl groups excluding tert-OH is 1. The van der Waals surface area contributed by atoms with E-state index in [4.69, 9.17) is 34.8 Å². The maximum Gasteiger partial charge on any atom is 0.242 e. The first-order valence-corrected chi connectivity index (χ1v) is 8.38. The van der Waals surface area contributed by atoms with Gasteiger partial charge in [-0.2, -0.15) is 0 Å². The molecule has 0 aliphatic rings. The van der Waals surface area contributed by atoms with E-state index in [0.29, 0.717) is 0 Å². The molecule has 0 aliphatic carbocycles. The smallest absolute Gasteiger partial charge is 0.242 e. The van der Waals surface area contributed by atoms with Gasteiger partial charge in [0, 0.05) is 6.04 Å². The van der Waals surface area contributed by atoms with Gasteiger partial charge in [0.1, 0.15) is 4.90 Å². The summed E-state index contributed by atoms with van der Waals surface area (Å²) in [4.78, 5) is -0.170. The molecule has 0 amide bonds. The van der Waals surface area contributed by atoms with Crippen LogP contribution in [0, 0.1) is 5.41 Å². The Morgan fingerprint density at radius 3 is 2.10 bits per heavy atom. The molecule has 0 bridgehead atoms. The van der Waals surface area contributed by atoms with E-state index in [9.17, 15) is 13.5 Å². The van der Waals surface area contributed by atoms with Gasteiger partial charge in [-0.05, 0) is 17.5 Å². The highest BCUT2D eigenvalue weighted by atomic mass is 35.5. The van der Waals surface area contributed by atoms with E-state index in [0.717, 1.165) is 0 Å². The molecule has 1 atom stereocenters. The van der Waals surface area contributed by atoms with E-state index in [1.807, 2.05) is 20.8 Å². The SMILES string of the molecule is CC(C)(C)[C@@H](CO)NS(=O)(=O)c1cc(Cl)c(Cl)cc1Cl. The van der Waals surface area contributed by atoms with Crippen LogP contribution in [0.4, 0.5) is 0 Å². The van der Waals surface area contributed by atoms with Crippen molar-refractivity contribution in [3.63, 3.8) is 0 Å². The van der Waals surface area contributed by atoms with Gasteiger partial charge < -0.3 is 5.11 Å². The summed E-state index contributed by atoms with van der Waals surface area (Å²) < 4.78 is 27.1. The fourth-order valence-corrected chi connectivity index (χ4v) is 3.88. The van der Waals surface area contributed by atoms with Crippen molar-refractivity contribution in [2.45, 2.75) is 31.7 Å². The zero-order valence-corrected chi connectivity index (χ0v) is 14.3. The van der Waals surface area contributed by atoms with Crippen LogP contribution >= 0.6 is 34.8 Å². The quantitative estimate of drug-likeness (QED) is 0.809. The van der Waals surface area contributed by atoms with Crippen LogP contribution in [0.2, 0.25) is 15.1 Å². The van der Waals surface area contributed by atoms with E-state index < -0.39 is 21.5 Å². The molecule has 0 radical (unpaired) electrons. The van der Waals surface area contributed by atoms with Gasteiger partial charge in [-0.15, -0.1) is 0 Å². The summed E-state index contributed by atoms with van der Waals surface area (Å²) in [5.74, 6) is 0. The van der Waals surface area contributed by atoms with E-state index in [1.165, 1.54) is 12.1 Å². The molecule has 0 saturated carbocycles. The van der Waals surface area contributed by atoms with Crippen molar-refractivity contribution >= 4 is 44.8 Å².